The molecule has 2 aromatic carbocycles. The third-order valence-electron chi connectivity index (χ3n) is 4.80. The van der Waals surface area contributed by atoms with Crippen molar-refractivity contribution in [3.8, 4) is 0 Å². The number of nitrogens with one attached hydrogen (secondary N) is 1. The molecule has 0 bridgehead atoms. The predicted octanol–water partition coefficient (Wildman–Crippen LogP) is 3.30. The topological polar surface area (TPSA) is 54.2 Å². The van der Waals surface area contributed by atoms with E-state index < -0.39 is 28.7 Å². The van der Waals surface area contributed by atoms with Gasteiger partial charge in [-0.15, -0.1) is 5.01 Å². The number of quaternary nitrogens is 1. The highest BCUT2D eigenvalue weighted by atomic mass is 19.4. The predicted molar refractivity (Wildman–Crippen MR) is 89.7 cm³/mol. The Balaban J connectivity index is 1.79. The summed E-state index contributed by atoms with van der Waals surface area (Å²) in [6.45, 7) is 1.79. The fourth-order valence-corrected chi connectivity index (χ4v) is 3.60. The van der Waals surface area contributed by atoms with Crippen LogP contribution < -0.4 is 15.3 Å². The average molecular weight is 381 g/mol. The number of halogens is 4. The van der Waals surface area contributed by atoms with Crippen molar-refractivity contribution in [1.82, 2.24) is 0 Å². The lowest BCUT2D eigenvalue weighted by Crippen LogP contribution is -3.19. The van der Waals surface area contributed by atoms with Crippen LogP contribution >= 0.6 is 0 Å². The van der Waals surface area contributed by atoms with E-state index in [9.17, 15) is 27.9 Å². The smallest absolute Gasteiger partial charge is 0.416 e. The van der Waals surface area contributed by atoms with Gasteiger partial charge < -0.3 is 10.3 Å². The molecule has 0 spiro atoms. The number of benzene rings is 2. The van der Waals surface area contributed by atoms with Crippen LogP contribution in [0.15, 0.2) is 54.0 Å². The van der Waals surface area contributed by atoms with Crippen molar-refractivity contribution >= 4 is 11.4 Å². The van der Waals surface area contributed by atoms with E-state index in [4.69, 9.17) is 0 Å². The van der Waals surface area contributed by atoms with Crippen LogP contribution in [-0.4, -0.2) is 5.11 Å². The number of fused-ring (bicyclic) bond motifs is 3. The fraction of sp³-hybridized carbons (Fsp3) is 0.222. The van der Waals surface area contributed by atoms with Crippen molar-refractivity contribution in [2.24, 2.45) is 5.92 Å². The summed E-state index contributed by atoms with van der Waals surface area (Å²) in [6, 6.07) is 8.33. The molecule has 2 N–H and O–H groups in total. The summed E-state index contributed by atoms with van der Waals surface area (Å²) in [5, 5.41) is 24.8. The highest BCUT2D eigenvalue weighted by molar-refractivity contribution is 5.64. The summed E-state index contributed by atoms with van der Waals surface area (Å²) in [5.74, 6) is -1.28. The Morgan fingerprint density at radius 2 is 1.78 bits per heavy atom. The number of aliphatic hydroxyl groups is 1. The Morgan fingerprint density at radius 1 is 1.11 bits per heavy atom. The Morgan fingerprint density at radius 3 is 2.41 bits per heavy atom. The number of rotatable bonds is 1. The molecule has 0 aliphatic carbocycles. The van der Waals surface area contributed by atoms with Gasteiger partial charge in [-0.2, -0.15) is 23.5 Å². The number of alkyl halides is 3. The fourth-order valence-electron chi connectivity index (χ4n) is 3.60. The van der Waals surface area contributed by atoms with Gasteiger partial charge in [0.15, 0.2) is 5.82 Å². The van der Waals surface area contributed by atoms with Crippen molar-refractivity contribution in [3.05, 3.63) is 76.2 Å². The van der Waals surface area contributed by atoms with Crippen LogP contribution in [0.3, 0.4) is 0 Å². The molecule has 2 aromatic rings. The largest absolute Gasteiger partial charge is 0.581 e. The number of allylic oxidation sites excluding steroid dienone is 1. The molecule has 0 radical (unpaired) electrons. The lowest BCUT2D eigenvalue weighted by Gasteiger charge is -2.38. The van der Waals surface area contributed by atoms with Gasteiger partial charge in [0, 0.05) is 5.92 Å². The monoisotopic (exact) mass is 381 g/mol. The van der Waals surface area contributed by atoms with Crippen LogP contribution in [0.4, 0.5) is 28.9 Å². The van der Waals surface area contributed by atoms with Gasteiger partial charge in [-0.1, -0.05) is 19.1 Å². The van der Waals surface area contributed by atoms with E-state index in [1.54, 1.807) is 19.1 Å². The number of hydrogen-bond donors (Lipinski definition) is 2. The zero-order valence-electron chi connectivity index (χ0n) is 14.1. The number of para-hydroxylation sites is 1. The minimum atomic E-state index is -4.51. The van der Waals surface area contributed by atoms with E-state index in [1.165, 1.54) is 6.07 Å². The molecule has 5 nitrogen and oxygen atoms in total. The summed E-state index contributed by atoms with van der Waals surface area (Å²) in [6.07, 6.45) is -4.08. The van der Waals surface area contributed by atoms with Gasteiger partial charge in [-0.3, -0.25) is 0 Å². The average Bonchev–Trinajstić information content (AvgIpc) is 2.86. The molecule has 2 aliphatic rings. The first-order chi connectivity index (χ1) is 12.7. The molecule has 2 unspecified atom stereocenters. The molecule has 2 heterocycles. The number of anilines is 2. The number of nitrogens with zero attached hydrogens (tertiary/aromatic N) is 2. The van der Waals surface area contributed by atoms with E-state index in [1.807, 2.05) is 0 Å². The first-order valence-electron chi connectivity index (χ1n) is 8.22. The van der Waals surface area contributed by atoms with E-state index in [0.29, 0.717) is 12.0 Å². The van der Waals surface area contributed by atoms with Crippen molar-refractivity contribution in [2.45, 2.75) is 19.5 Å². The second-order valence-electron chi connectivity index (χ2n) is 6.56. The van der Waals surface area contributed by atoms with Gasteiger partial charge >= 0.3 is 6.18 Å². The quantitative estimate of drug-likeness (QED) is 0.588. The number of hydrogen-bond acceptors (Lipinski definition) is 4. The first-order valence-corrected chi connectivity index (χ1v) is 8.22. The molecular weight excluding hydrogens is 366 g/mol. The van der Waals surface area contributed by atoms with E-state index in [-0.39, 0.29) is 23.0 Å². The highest BCUT2D eigenvalue weighted by Gasteiger charge is 2.46. The third kappa shape index (κ3) is 2.62. The molecule has 27 heavy (non-hydrogen) atoms. The normalized spacial score (nSPS) is 22.1. The summed E-state index contributed by atoms with van der Waals surface area (Å²) in [4.78, 5) is 0. The SMILES string of the molecule is CC1Cc2cccc(F)c2N2C1=C(O)N(c1ccc(C(F)(F)F)cc1)[NH+]2[O-]. The molecule has 0 saturated carbocycles. The van der Waals surface area contributed by atoms with Crippen LogP contribution in [-0.2, 0) is 12.6 Å². The molecule has 0 saturated heterocycles. The molecule has 4 rings (SSSR count). The molecule has 142 valence electrons. The number of aliphatic hydroxyl groups excluding tert-OH is 1. The van der Waals surface area contributed by atoms with Crippen LogP contribution in [0.1, 0.15) is 18.1 Å². The van der Waals surface area contributed by atoms with E-state index in [0.717, 1.165) is 34.3 Å². The zero-order chi connectivity index (χ0) is 19.5. The molecule has 2 atom stereocenters. The van der Waals surface area contributed by atoms with Gasteiger partial charge in [0.05, 0.1) is 5.56 Å². The van der Waals surface area contributed by atoms with Gasteiger partial charge in [0.1, 0.15) is 17.1 Å². The molecular formula is C18H15F4N3O2. The van der Waals surface area contributed by atoms with Crippen molar-refractivity contribution in [3.63, 3.8) is 0 Å². The Labute approximate surface area is 151 Å². The third-order valence-corrected chi connectivity index (χ3v) is 4.80. The Bertz CT molecular complexity index is 927. The Kier molecular flexibility index (Phi) is 3.83. The molecule has 9 heteroatoms. The maximum atomic E-state index is 14.4. The Hall–Kier alpha value is -2.78. The van der Waals surface area contributed by atoms with Crippen molar-refractivity contribution in [1.29, 1.82) is 0 Å². The van der Waals surface area contributed by atoms with Crippen molar-refractivity contribution in [2.75, 3.05) is 10.0 Å². The minimum absolute atomic E-state index is 0.0663. The molecule has 2 aliphatic heterocycles. The molecule has 0 amide bonds. The standard InChI is InChI=1S/C18H15F4N3O2/c1-10-9-11-3-2-4-14(19)16(11)24-15(10)17(26)23(25(24)27)13-7-5-12(6-8-13)18(20,21)22/h2-8,10,25-26H,9H2,1H3. The molecule has 0 fully saturated rings. The summed E-state index contributed by atoms with van der Waals surface area (Å²) < 4.78 is 52.7. The van der Waals surface area contributed by atoms with Gasteiger partial charge in [0.25, 0.3) is 5.88 Å². The maximum Gasteiger partial charge on any atom is 0.416 e. The maximum absolute atomic E-state index is 14.4. The summed E-state index contributed by atoms with van der Waals surface area (Å²) in [5.41, 5.74) is 0.126. The van der Waals surface area contributed by atoms with E-state index in [2.05, 4.69) is 0 Å². The van der Waals surface area contributed by atoms with Crippen molar-refractivity contribution < 1.29 is 27.9 Å². The van der Waals surface area contributed by atoms with Crippen LogP contribution in [0.2, 0.25) is 0 Å². The summed E-state index contributed by atoms with van der Waals surface area (Å²) in [7, 11) is 0. The summed E-state index contributed by atoms with van der Waals surface area (Å²) >= 11 is 0. The van der Waals surface area contributed by atoms with Crippen LogP contribution in [0.25, 0.3) is 0 Å². The zero-order valence-corrected chi connectivity index (χ0v) is 14.1. The highest BCUT2D eigenvalue weighted by Crippen LogP contribution is 2.40. The first kappa shape index (κ1) is 17.6. The van der Waals surface area contributed by atoms with Gasteiger partial charge in [-0.25, -0.2) is 4.39 Å². The molecule has 0 aromatic heterocycles. The minimum Gasteiger partial charge on any atom is -0.581 e. The van der Waals surface area contributed by atoms with Crippen LogP contribution in [0.5, 0.6) is 0 Å². The lowest BCUT2D eigenvalue weighted by molar-refractivity contribution is -0.854. The van der Waals surface area contributed by atoms with Crippen LogP contribution in [0, 0.1) is 16.9 Å². The second kappa shape index (κ2) is 5.86. The second-order valence-corrected chi connectivity index (χ2v) is 6.56. The van der Waals surface area contributed by atoms with Gasteiger partial charge in [-0.05, 0) is 42.3 Å². The lowest BCUT2D eigenvalue weighted by atomic mass is 9.92. The van der Waals surface area contributed by atoms with Gasteiger partial charge in [0.2, 0.25) is 0 Å². The van der Waals surface area contributed by atoms with E-state index >= 15 is 0 Å².